The lowest BCUT2D eigenvalue weighted by molar-refractivity contribution is 0.347. The van der Waals surface area contributed by atoms with Gasteiger partial charge in [0.05, 0.1) is 7.11 Å². The van der Waals surface area contributed by atoms with Crippen LogP contribution in [-0.2, 0) is 5.41 Å². The van der Waals surface area contributed by atoms with E-state index in [1.807, 2.05) is 6.07 Å². The number of rotatable bonds is 1. The van der Waals surface area contributed by atoms with Crippen LogP contribution in [0.2, 0.25) is 0 Å². The van der Waals surface area contributed by atoms with Gasteiger partial charge in [-0.25, -0.2) is 0 Å². The van der Waals surface area contributed by atoms with Gasteiger partial charge in [0.25, 0.3) is 0 Å². The van der Waals surface area contributed by atoms with E-state index < -0.39 is 0 Å². The Morgan fingerprint density at radius 2 is 1.44 bits per heavy atom. The number of methoxy groups -OCH3 is 1. The average Bonchev–Trinajstić information content (AvgIpc) is 2.92. The Bertz CT molecular complexity index is 1360. The second-order valence-corrected chi connectivity index (χ2v) is 9.42. The standard InChI is InChI=1S/C30H28O2/c1-19-16-24-23(17-28(19)32-2)27(31)18-26-29(24)22-12-5-4-10-20(22)21-11-6-7-13-25(21)30(26)14-8-3-9-15-30/h4-7,10-13,16-18,31H,3,8-9,14-15H2,1-2H3. The van der Waals surface area contributed by atoms with E-state index in [9.17, 15) is 5.11 Å². The summed E-state index contributed by atoms with van der Waals surface area (Å²) >= 11 is 0. The highest BCUT2D eigenvalue weighted by Crippen LogP contribution is 2.57. The predicted molar refractivity (Wildman–Crippen MR) is 132 cm³/mol. The molecular weight excluding hydrogens is 392 g/mol. The molecule has 2 aliphatic rings. The van der Waals surface area contributed by atoms with Gasteiger partial charge in [0.15, 0.2) is 0 Å². The second-order valence-electron chi connectivity index (χ2n) is 9.42. The number of phenols is 1. The third kappa shape index (κ3) is 2.59. The second kappa shape index (κ2) is 7.13. The highest BCUT2D eigenvalue weighted by Gasteiger charge is 2.42. The molecule has 0 atom stereocenters. The maximum Gasteiger partial charge on any atom is 0.123 e. The Kier molecular flexibility index (Phi) is 4.33. The lowest BCUT2D eigenvalue weighted by atomic mass is 9.63. The van der Waals surface area contributed by atoms with E-state index >= 15 is 0 Å². The van der Waals surface area contributed by atoms with Crippen molar-refractivity contribution in [2.75, 3.05) is 7.11 Å². The van der Waals surface area contributed by atoms with E-state index in [4.69, 9.17) is 4.74 Å². The maximum absolute atomic E-state index is 11.3. The molecule has 2 nitrogen and oxygen atoms in total. The maximum atomic E-state index is 11.3. The molecule has 1 fully saturated rings. The van der Waals surface area contributed by atoms with Crippen molar-refractivity contribution in [3.63, 3.8) is 0 Å². The number of benzene rings is 4. The molecular formula is C30H28O2. The van der Waals surface area contributed by atoms with Gasteiger partial charge in [-0.2, -0.15) is 0 Å². The summed E-state index contributed by atoms with van der Waals surface area (Å²) in [4.78, 5) is 0. The Morgan fingerprint density at radius 3 is 2.19 bits per heavy atom. The lowest BCUT2D eigenvalue weighted by Crippen LogP contribution is -2.31. The summed E-state index contributed by atoms with van der Waals surface area (Å²) in [7, 11) is 1.69. The number of ether oxygens (including phenoxy) is 1. The topological polar surface area (TPSA) is 29.5 Å². The van der Waals surface area contributed by atoms with Crippen molar-refractivity contribution in [1.29, 1.82) is 0 Å². The van der Waals surface area contributed by atoms with Crippen molar-refractivity contribution in [3.05, 3.63) is 83.4 Å². The molecule has 1 N–H and O–H groups in total. The molecule has 1 saturated carbocycles. The first-order chi connectivity index (χ1) is 15.6. The van der Waals surface area contributed by atoms with Crippen LogP contribution in [0, 0.1) is 6.92 Å². The Labute approximate surface area is 189 Å². The molecule has 1 spiro atoms. The summed E-state index contributed by atoms with van der Waals surface area (Å²) in [5, 5.41) is 13.3. The van der Waals surface area contributed by atoms with Crippen LogP contribution in [0.5, 0.6) is 11.5 Å². The SMILES string of the molecule is COc1cc2c(O)cc3c(c2cc1C)-c1ccccc1-c1ccccc1C31CCCCC1. The van der Waals surface area contributed by atoms with Gasteiger partial charge >= 0.3 is 0 Å². The van der Waals surface area contributed by atoms with Crippen LogP contribution in [0.15, 0.2) is 66.7 Å². The molecule has 2 heteroatoms. The molecule has 32 heavy (non-hydrogen) atoms. The zero-order chi connectivity index (χ0) is 21.9. The minimum atomic E-state index is -0.0807. The fraction of sp³-hybridized carbons (Fsp3) is 0.267. The van der Waals surface area contributed by atoms with Crippen LogP contribution in [0.1, 0.15) is 48.8 Å². The van der Waals surface area contributed by atoms with Gasteiger partial charge in [-0.05, 0) is 82.3 Å². The molecule has 0 aliphatic heterocycles. The molecule has 2 aliphatic carbocycles. The van der Waals surface area contributed by atoms with Gasteiger partial charge in [0.1, 0.15) is 11.5 Å². The third-order valence-electron chi connectivity index (χ3n) is 7.78. The first-order valence-electron chi connectivity index (χ1n) is 11.7. The van der Waals surface area contributed by atoms with Crippen molar-refractivity contribution in [3.8, 4) is 33.8 Å². The van der Waals surface area contributed by atoms with Crippen LogP contribution in [0.4, 0.5) is 0 Å². The van der Waals surface area contributed by atoms with E-state index in [-0.39, 0.29) is 5.41 Å². The molecule has 6 rings (SSSR count). The van der Waals surface area contributed by atoms with Gasteiger partial charge in [-0.1, -0.05) is 67.8 Å². The largest absolute Gasteiger partial charge is 0.507 e. The average molecular weight is 421 g/mol. The van der Waals surface area contributed by atoms with Crippen LogP contribution >= 0.6 is 0 Å². The Hall–Kier alpha value is -3.26. The zero-order valence-electron chi connectivity index (χ0n) is 18.7. The van der Waals surface area contributed by atoms with Crippen molar-refractivity contribution in [2.24, 2.45) is 0 Å². The smallest absolute Gasteiger partial charge is 0.123 e. The number of aryl methyl sites for hydroxylation is 1. The number of hydrogen-bond donors (Lipinski definition) is 1. The van der Waals surface area contributed by atoms with Gasteiger partial charge < -0.3 is 9.84 Å². The first-order valence-corrected chi connectivity index (χ1v) is 11.7. The number of fused-ring (bicyclic) bond motifs is 9. The summed E-state index contributed by atoms with van der Waals surface area (Å²) in [6, 6.07) is 24.0. The summed E-state index contributed by atoms with van der Waals surface area (Å²) in [6.45, 7) is 2.09. The molecule has 160 valence electrons. The van der Waals surface area contributed by atoms with Crippen LogP contribution < -0.4 is 4.74 Å². The van der Waals surface area contributed by atoms with E-state index in [0.29, 0.717) is 5.75 Å². The minimum Gasteiger partial charge on any atom is -0.507 e. The van der Waals surface area contributed by atoms with Gasteiger partial charge in [-0.15, -0.1) is 0 Å². The third-order valence-corrected chi connectivity index (χ3v) is 7.78. The summed E-state index contributed by atoms with van der Waals surface area (Å²) in [5.74, 6) is 1.16. The molecule has 4 aromatic carbocycles. The zero-order valence-corrected chi connectivity index (χ0v) is 18.7. The fourth-order valence-corrected chi connectivity index (χ4v) is 6.34. The lowest BCUT2D eigenvalue weighted by Gasteiger charge is -2.40. The molecule has 4 aromatic rings. The quantitative estimate of drug-likeness (QED) is 0.341. The fourth-order valence-electron chi connectivity index (χ4n) is 6.34. The molecule has 0 amide bonds. The van der Waals surface area contributed by atoms with E-state index in [1.54, 1.807) is 7.11 Å². The van der Waals surface area contributed by atoms with Crippen LogP contribution in [-0.4, -0.2) is 12.2 Å². The molecule has 0 bridgehead atoms. The normalized spacial score (nSPS) is 16.2. The van der Waals surface area contributed by atoms with E-state index in [1.165, 1.54) is 52.6 Å². The van der Waals surface area contributed by atoms with Crippen molar-refractivity contribution >= 4 is 10.8 Å². The van der Waals surface area contributed by atoms with Gasteiger partial charge in [0, 0.05) is 10.8 Å². The molecule has 0 saturated heterocycles. The predicted octanol–water partition coefficient (Wildman–Crippen LogP) is 7.76. The Balaban J connectivity index is 1.84. The van der Waals surface area contributed by atoms with Crippen molar-refractivity contribution in [1.82, 2.24) is 0 Å². The number of aromatic hydroxyl groups is 1. The summed E-state index contributed by atoms with van der Waals surface area (Å²) < 4.78 is 5.60. The molecule has 0 heterocycles. The monoisotopic (exact) mass is 420 g/mol. The summed E-state index contributed by atoms with van der Waals surface area (Å²) in [5.41, 5.74) is 8.85. The number of hydrogen-bond acceptors (Lipinski definition) is 2. The van der Waals surface area contributed by atoms with E-state index in [0.717, 1.165) is 34.9 Å². The number of phenolic OH excluding ortho intramolecular Hbond substituents is 1. The van der Waals surface area contributed by atoms with E-state index in [2.05, 4.69) is 67.6 Å². The minimum absolute atomic E-state index is 0.0807. The van der Waals surface area contributed by atoms with Crippen molar-refractivity contribution in [2.45, 2.75) is 44.4 Å². The van der Waals surface area contributed by atoms with Gasteiger partial charge in [0.2, 0.25) is 0 Å². The van der Waals surface area contributed by atoms with Crippen molar-refractivity contribution < 1.29 is 9.84 Å². The first kappa shape index (κ1) is 19.4. The highest BCUT2D eigenvalue weighted by atomic mass is 16.5. The van der Waals surface area contributed by atoms with Crippen LogP contribution in [0.25, 0.3) is 33.0 Å². The molecule has 0 radical (unpaired) electrons. The highest BCUT2D eigenvalue weighted by molar-refractivity contribution is 6.07. The summed E-state index contributed by atoms with van der Waals surface area (Å²) in [6.07, 6.45) is 5.94. The van der Waals surface area contributed by atoms with Crippen LogP contribution in [0.3, 0.4) is 0 Å². The molecule has 0 unspecified atom stereocenters. The molecule has 0 aromatic heterocycles. The van der Waals surface area contributed by atoms with Gasteiger partial charge in [-0.3, -0.25) is 0 Å². The Morgan fingerprint density at radius 1 is 0.750 bits per heavy atom.